The summed E-state index contributed by atoms with van der Waals surface area (Å²) in [5.74, 6) is -0.0877. The van der Waals surface area contributed by atoms with Gasteiger partial charge in [0.25, 0.3) is 0 Å². The van der Waals surface area contributed by atoms with Crippen LogP contribution in [0.4, 0.5) is 0 Å². The lowest BCUT2D eigenvalue weighted by Gasteiger charge is -2.13. The van der Waals surface area contributed by atoms with E-state index in [9.17, 15) is 9.59 Å². The highest BCUT2D eigenvalue weighted by Crippen LogP contribution is 2.10. The van der Waals surface area contributed by atoms with Crippen molar-refractivity contribution in [2.75, 3.05) is 13.1 Å². The Bertz CT molecular complexity index is 468. The fourth-order valence-corrected chi connectivity index (χ4v) is 2.02. The zero-order chi connectivity index (χ0) is 13.7. The highest BCUT2D eigenvalue weighted by atomic mass is 16.2. The topological polar surface area (TPSA) is 80.1 Å². The summed E-state index contributed by atoms with van der Waals surface area (Å²) in [6.45, 7) is 3.71. The van der Waals surface area contributed by atoms with Gasteiger partial charge in [-0.3, -0.25) is 9.59 Å². The van der Waals surface area contributed by atoms with Gasteiger partial charge in [0.15, 0.2) is 0 Å². The first-order valence-corrected chi connectivity index (χ1v) is 6.26. The van der Waals surface area contributed by atoms with Gasteiger partial charge in [-0.15, -0.1) is 0 Å². The second-order valence-electron chi connectivity index (χ2n) is 4.36. The molecule has 1 fully saturated rings. The molecule has 1 aliphatic heterocycles. The van der Waals surface area contributed by atoms with Gasteiger partial charge in [0.2, 0.25) is 11.8 Å². The molecule has 7 nitrogen and oxygen atoms in total. The summed E-state index contributed by atoms with van der Waals surface area (Å²) in [7, 11) is 0. The van der Waals surface area contributed by atoms with Crippen molar-refractivity contribution in [2.24, 2.45) is 0 Å². The summed E-state index contributed by atoms with van der Waals surface area (Å²) in [6, 6.07) is -0.0871. The van der Waals surface area contributed by atoms with E-state index in [0.717, 1.165) is 0 Å². The van der Waals surface area contributed by atoms with Crippen LogP contribution < -0.4 is 5.32 Å². The SMILES string of the molecule is CCN1CC(NC(=O)/C=C/Cn2cncn2)CC1=O. The fourth-order valence-electron chi connectivity index (χ4n) is 2.02. The number of amides is 2. The molecule has 1 atom stereocenters. The van der Waals surface area contributed by atoms with Gasteiger partial charge in [-0.2, -0.15) is 5.10 Å². The molecule has 102 valence electrons. The lowest BCUT2D eigenvalue weighted by atomic mass is 10.2. The summed E-state index contributed by atoms with van der Waals surface area (Å²) in [5, 5.41) is 6.74. The maximum Gasteiger partial charge on any atom is 0.244 e. The van der Waals surface area contributed by atoms with Gasteiger partial charge in [-0.05, 0) is 6.92 Å². The maximum absolute atomic E-state index is 11.7. The Morgan fingerprint density at radius 2 is 2.47 bits per heavy atom. The number of hydrogen-bond donors (Lipinski definition) is 1. The Morgan fingerprint density at radius 1 is 1.63 bits per heavy atom. The molecule has 2 rings (SSSR count). The minimum absolute atomic E-state index is 0.0871. The number of rotatable bonds is 5. The van der Waals surface area contributed by atoms with Gasteiger partial charge in [-0.1, -0.05) is 6.08 Å². The summed E-state index contributed by atoms with van der Waals surface area (Å²) >= 11 is 0. The molecule has 1 aromatic heterocycles. The first-order valence-electron chi connectivity index (χ1n) is 6.26. The van der Waals surface area contributed by atoms with Crippen LogP contribution in [0.5, 0.6) is 0 Å². The summed E-state index contributed by atoms with van der Waals surface area (Å²) in [4.78, 5) is 28.7. The Hall–Kier alpha value is -2.18. The van der Waals surface area contributed by atoms with Gasteiger partial charge in [0.05, 0.1) is 12.6 Å². The van der Waals surface area contributed by atoms with Crippen molar-refractivity contribution in [1.82, 2.24) is 25.0 Å². The molecule has 7 heteroatoms. The minimum Gasteiger partial charge on any atom is -0.348 e. The number of nitrogens with zero attached hydrogens (tertiary/aromatic N) is 4. The molecule has 1 aromatic rings. The van der Waals surface area contributed by atoms with Gasteiger partial charge >= 0.3 is 0 Å². The van der Waals surface area contributed by atoms with E-state index in [1.165, 1.54) is 12.4 Å². The van der Waals surface area contributed by atoms with Crippen LogP contribution >= 0.6 is 0 Å². The lowest BCUT2D eigenvalue weighted by molar-refractivity contribution is -0.127. The average Bonchev–Trinajstić information content (AvgIpc) is 2.99. The van der Waals surface area contributed by atoms with Crippen molar-refractivity contribution < 1.29 is 9.59 Å². The molecule has 1 unspecified atom stereocenters. The number of carbonyl (C=O) groups excluding carboxylic acids is 2. The number of likely N-dealkylation sites (N-methyl/N-ethyl adjacent to an activating group) is 1. The molecule has 0 aliphatic carbocycles. The molecule has 2 amide bonds. The molecular formula is C12H17N5O2. The van der Waals surface area contributed by atoms with Gasteiger partial charge < -0.3 is 10.2 Å². The highest BCUT2D eigenvalue weighted by Gasteiger charge is 2.28. The third kappa shape index (κ3) is 3.64. The Morgan fingerprint density at radius 3 is 3.11 bits per heavy atom. The third-order valence-electron chi connectivity index (χ3n) is 2.97. The first kappa shape index (κ1) is 13.3. The van der Waals surface area contributed by atoms with Crippen molar-refractivity contribution in [3.63, 3.8) is 0 Å². The first-order chi connectivity index (χ1) is 9.19. The van der Waals surface area contributed by atoms with Crippen LogP contribution in [-0.2, 0) is 16.1 Å². The predicted molar refractivity (Wildman–Crippen MR) is 68.0 cm³/mol. The summed E-state index contributed by atoms with van der Waals surface area (Å²) < 4.78 is 1.61. The van der Waals surface area contributed by atoms with Crippen LogP contribution in [0.2, 0.25) is 0 Å². The number of nitrogens with one attached hydrogen (secondary N) is 1. The van der Waals surface area contributed by atoms with E-state index in [1.54, 1.807) is 22.0 Å². The third-order valence-corrected chi connectivity index (χ3v) is 2.97. The molecule has 1 N–H and O–H groups in total. The zero-order valence-electron chi connectivity index (χ0n) is 10.8. The minimum atomic E-state index is -0.184. The second kappa shape index (κ2) is 6.12. The van der Waals surface area contributed by atoms with Gasteiger partial charge in [-0.25, -0.2) is 9.67 Å². The summed E-state index contributed by atoms with van der Waals surface area (Å²) in [6.07, 6.45) is 6.57. The monoisotopic (exact) mass is 263 g/mol. The van der Waals surface area contributed by atoms with Crippen LogP contribution in [0.3, 0.4) is 0 Å². The maximum atomic E-state index is 11.7. The normalized spacial score (nSPS) is 19.3. The second-order valence-corrected chi connectivity index (χ2v) is 4.36. The molecule has 0 bridgehead atoms. The van der Waals surface area contributed by atoms with Crippen LogP contribution in [0.15, 0.2) is 24.8 Å². The molecule has 0 spiro atoms. The number of likely N-dealkylation sites (tertiary alicyclic amines) is 1. The smallest absolute Gasteiger partial charge is 0.244 e. The van der Waals surface area contributed by atoms with E-state index in [4.69, 9.17) is 0 Å². The lowest BCUT2D eigenvalue weighted by Crippen LogP contribution is -2.36. The number of allylic oxidation sites excluding steroid dienone is 1. The van der Waals surface area contributed by atoms with Crippen molar-refractivity contribution >= 4 is 11.8 Å². The van der Waals surface area contributed by atoms with E-state index in [0.29, 0.717) is 26.1 Å². The standard InChI is InChI=1S/C12H17N5O2/c1-2-16-7-10(6-12(16)19)15-11(18)4-3-5-17-9-13-8-14-17/h3-4,8-10H,2,5-7H2,1H3,(H,15,18)/b4-3+. The highest BCUT2D eigenvalue weighted by molar-refractivity contribution is 5.89. The van der Waals surface area contributed by atoms with Gasteiger partial charge in [0, 0.05) is 25.6 Å². The van der Waals surface area contributed by atoms with E-state index >= 15 is 0 Å². The van der Waals surface area contributed by atoms with E-state index in [1.807, 2.05) is 6.92 Å². The van der Waals surface area contributed by atoms with E-state index in [2.05, 4.69) is 15.4 Å². The number of hydrogen-bond acceptors (Lipinski definition) is 4. The van der Waals surface area contributed by atoms with E-state index < -0.39 is 0 Å². The Kier molecular flexibility index (Phi) is 4.27. The molecular weight excluding hydrogens is 246 g/mol. The number of aromatic nitrogens is 3. The number of carbonyl (C=O) groups is 2. The van der Waals surface area contributed by atoms with Crippen LogP contribution in [0.25, 0.3) is 0 Å². The molecule has 0 radical (unpaired) electrons. The summed E-state index contributed by atoms with van der Waals surface area (Å²) in [5.41, 5.74) is 0. The molecule has 0 saturated carbocycles. The molecule has 19 heavy (non-hydrogen) atoms. The largest absolute Gasteiger partial charge is 0.348 e. The van der Waals surface area contributed by atoms with Crippen LogP contribution in [0.1, 0.15) is 13.3 Å². The molecule has 2 heterocycles. The average molecular weight is 263 g/mol. The Balaban J connectivity index is 1.76. The Labute approximate surface area is 111 Å². The molecule has 0 aromatic carbocycles. The zero-order valence-corrected chi connectivity index (χ0v) is 10.8. The molecule has 1 saturated heterocycles. The van der Waals surface area contributed by atoms with Crippen molar-refractivity contribution in [2.45, 2.75) is 25.9 Å². The van der Waals surface area contributed by atoms with Crippen molar-refractivity contribution in [3.8, 4) is 0 Å². The van der Waals surface area contributed by atoms with Crippen molar-refractivity contribution in [1.29, 1.82) is 0 Å². The molecule has 1 aliphatic rings. The quantitative estimate of drug-likeness (QED) is 0.731. The van der Waals surface area contributed by atoms with Crippen LogP contribution in [-0.4, -0.2) is 50.6 Å². The van der Waals surface area contributed by atoms with E-state index in [-0.39, 0.29) is 17.9 Å². The van der Waals surface area contributed by atoms with Crippen molar-refractivity contribution in [3.05, 3.63) is 24.8 Å². The fraction of sp³-hybridized carbons (Fsp3) is 0.500. The van der Waals surface area contributed by atoms with Gasteiger partial charge in [0.1, 0.15) is 12.7 Å². The van der Waals surface area contributed by atoms with Crippen LogP contribution in [0, 0.1) is 0 Å². The predicted octanol–water partition coefficient (Wildman–Crippen LogP) is -0.429.